The molecule has 17 heavy (non-hydrogen) atoms. The highest BCUT2D eigenvalue weighted by Crippen LogP contribution is 2.20. The molecular weight excluding hydrogens is 229 g/mol. The molecule has 1 aromatic carbocycles. The Kier molecular flexibility index (Phi) is 4.98. The molecule has 1 N–H and O–H groups in total. The van der Waals surface area contributed by atoms with Gasteiger partial charge in [-0.1, -0.05) is 18.2 Å². The van der Waals surface area contributed by atoms with E-state index in [0.717, 1.165) is 5.56 Å². The van der Waals surface area contributed by atoms with Gasteiger partial charge in [-0.05, 0) is 24.6 Å². The molecule has 5 heteroatoms. The summed E-state index contributed by atoms with van der Waals surface area (Å²) in [6.07, 6.45) is -4.82. The van der Waals surface area contributed by atoms with Gasteiger partial charge in [-0.25, -0.2) is 0 Å². The van der Waals surface area contributed by atoms with E-state index in [1.807, 2.05) is 6.07 Å². The summed E-state index contributed by atoms with van der Waals surface area (Å²) in [7, 11) is 0. The van der Waals surface area contributed by atoms with Gasteiger partial charge in [-0.15, -0.1) is 0 Å². The van der Waals surface area contributed by atoms with Crippen LogP contribution in [0.25, 0.3) is 0 Å². The average molecular weight is 242 g/mol. The van der Waals surface area contributed by atoms with E-state index >= 15 is 0 Å². The first-order valence-corrected chi connectivity index (χ1v) is 5.28. The number of rotatable bonds is 5. The third kappa shape index (κ3) is 5.36. The minimum atomic E-state index is -4.09. The van der Waals surface area contributed by atoms with Crippen molar-refractivity contribution in [2.45, 2.75) is 25.6 Å². The molecule has 0 aliphatic heterocycles. The van der Waals surface area contributed by atoms with Crippen molar-refractivity contribution in [3.63, 3.8) is 0 Å². The quantitative estimate of drug-likeness (QED) is 0.806. The molecule has 0 amide bonds. The van der Waals surface area contributed by atoms with E-state index in [4.69, 9.17) is 5.26 Å². The second kappa shape index (κ2) is 6.26. The zero-order chi connectivity index (χ0) is 12.7. The summed E-state index contributed by atoms with van der Waals surface area (Å²) in [4.78, 5) is 0. The Morgan fingerprint density at radius 2 is 1.94 bits per heavy atom. The first-order chi connectivity index (χ1) is 8.03. The number of alkyl halides is 3. The molecule has 0 saturated carbocycles. The van der Waals surface area contributed by atoms with Crippen LogP contribution in [0.15, 0.2) is 24.3 Å². The van der Waals surface area contributed by atoms with E-state index in [1.165, 1.54) is 0 Å². The average Bonchev–Trinajstić information content (AvgIpc) is 2.27. The number of hydrogen-bond acceptors (Lipinski definition) is 2. The third-order valence-electron chi connectivity index (χ3n) is 2.27. The van der Waals surface area contributed by atoms with Crippen LogP contribution in [0.4, 0.5) is 13.2 Å². The van der Waals surface area contributed by atoms with Crippen LogP contribution in [0.2, 0.25) is 0 Å². The van der Waals surface area contributed by atoms with Gasteiger partial charge in [0.25, 0.3) is 0 Å². The van der Waals surface area contributed by atoms with Crippen LogP contribution in [0.3, 0.4) is 0 Å². The van der Waals surface area contributed by atoms with Crippen molar-refractivity contribution in [2.24, 2.45) is 0 Å². The molecule has 0 heterocycles. The second-order valence-corrected chi connectivity index (χ2v) is 3.66. The van der Waals surface area contributed by atoms with Crippen LogP contribution in [0.5, 0.6) is 0 Å². The smallest absolute Gasteiger partial charge is 0.313 e. The number of hydrogen-bond donors (Lipinski definition) is 1. The molecule has 0 aliphatic rings. The first kappa shape index (κ1) is 13.5. The van der Waals surface area contributed by atoms with E-state index in [-0.39, 0.29) is 6.42 Å². The molecule has 0 aromatic heterocycles. The van der Waals surface area contributed by atoms with Gasteiger partial charge in [0.2, 0.25) is 0 Å². The van der Waals surface area contributed by atoms with Crippen LogP contribution in [-0.4, -0.2) is 12.7 Å². The predicted molar refractivity (Wildman–Crippen MR) is 58.2 cm³/mol. The van der Waals surface area contributed by atoms with Crippen molar-refractivity contribution in [1.82, 2.24) is 5.32 Å². The molecular formula is C12H13F3N2. The molecule has 0 spiro atoms. The summed E-state index contributed by atoms with van der Waals surface area (Å²) >= 11 is 0. The lowest BCUT2D eigenvalue weighted by Gasteiger charge is -2.08. The Balaban J connectivity index is 2.30. The van der Waals surface area contributed by atoms with E-state index in [2.05, 4.69) is 5.32 Å². The van der Waals surface area contributed by atoms with Crippen LogP contribution in [0.1, 0.15) is 24.0 Å². The molecule has 0 fully saturated rings. The zero-order valence-electron chi connectivity index (χ0n) is 9.22. The molecule has 1 aromatic rings. The second-order valence-electron chi connectivity index (χ2n) is 3.66. The van der Waals surface area contributed by atoms with Gasteiger partial charge in [-0.2, -0.15) is 18.4 Å². The van der Waals surface area contributed by atoms with Gasteiger partial charge >= 0.3 is 6.18 Å². The maximum Gasteiger partial charge on any atom is 0.389 e. The fourth-order valence-corrected chi connectivity index (χ4v) is 1.42. The minimum absolute atomic E-state index is 0.0538. The van der Waals surface area contributed by atoms with E-state index in [0.29, 0.717) is 18.7 Å². The maximum absolute atomic E-state index is 11.9. The Morgan fingerprint density at radius 3 is 2.59 bits per heavy atom. The fourth-order valence-electron chi connectivity index (χ4n) is 1.42. The minimum Gasteiger partial charge on any atom is -0.313 e. The summed E-state index contributed by atoms with van der Waals surface area (Å²) < 4.78 is 35.6. The molecule has 0 saturated heterocycles. The van der Waals surface area contributed by atoms with Crippen molar-refractivity contribution in [3.05, 3.63) is 35.4 Å². The van der Waals surface area contributed by atoms with Crippen molar-refractivity contribution < 1.29 is 13.2 Å². The summed E-state index contributed by atoms with van der Waals surface area (Å²) in [5.41, 5.74) is 1.36. The van der Waals surface area contributed by atoms with Gasteiger partial charge in [-0.3, -0.25) is 0 Å². The number of benzene rings is 1. The standard InChI is InChI=1S/C12H13F3N2/c13-12(14,15)6-3-7-17-9-11-5-2-1-4-10(11)8-16/h1-2,4-5,17H,3,6-7,9H2. The molecule has 92 valence electrons. The molecule has 0 unspecified atom stereocenters. The summed E-state index contributed by atoms with van der Waals surface area (Å²) in [6, 6.07) is 9.07. The van der Waals surface area contributed by atoms with Gasteiger partial charge in [0, 0.05) is 13.0 Å². The molecule has 2 nitrogen and oxygen atoms in total. The van der Waals surface area contributed by atoms with Gasteiger partial charge in [0.15, 0.2) is 0 Å². The summed E-state index contributed by atoms with van der Waals surface area (Å²) in [5.74, 6) is 0. The normalized spacial score (nSPS) is 11.2. The van der Waals surface area contributed by atoms with Crippen LogP contribution in [0, 0.1) is 11.3 Å². The van der Waals surface area contributed by atoms with Crippen LogP contribution in [-0.2, 0) is 6.54 Å². The largest absolute Gasteiger partial charge is 0.389 e. The maximum atomic E-state index is 11.9. The highest BCUT2D eigenvalue weighted by Gasteiger charge is 2.25. The number of nitriles is 1. The van der Waals surface area contributed by atoms with E-state index in [9.17, 15) is 13.2 Å². The Bertz CT molecular complexity index is 393. The van der Waals surface area contributed by atoms with Crippen molar-refractivity contribution in [3.8, 4) is 6.07 Å². The molecule has 0 bridgehead atoms. The Hall–Kier alpha value is -1.54. The highest BCUT2D eigenvalue weighted by atomic mass is 19.4. The molecule has 0 radical (unpaired) electrons. The van der Waals surface area contributed by atoms with Gasteiger partial charge < -0.3 is 5.32 Å². The zero-order valence-corrected chi connectivity index (χ0v) is 9.22. The summed E-state index contributed by atoms with van der Waals surface area (Å²) in [6.45, 7) is 0.709. The SMILES string of the molecule is N#Cc1ccccc1CNCCCC(F)(F)F. The molecule has 1 rings (SSSR count). The number of halogens is 3. The Labute approximate surface area is 98.1 Å². The number of nitrogens with one attached hydrogen (secondary N) is 1. The van der Waals surface area contributed by atoms with Gasteiger partial charge in [0.05, 0.1) is 11.6 Å². The van der Waals surface area contributed by atoms with Crippen molar-refractivity contribution in [2.75, 3.05) is 6.54 Å². The third-order valence-corrected chi connectivity index (χ3v) is 2.27. The molecule has 0 aliphatic carbocycles. The molecule has 0 atom stereocenters. The van der Waals surface area contributed by atoms with Gasteiger partial charge in [0.1, 0.15) is 0 Å². The summed E-state index contributed by atoms with van der Waals surface area (Å²) in [5, 5.41) is 11.7. The number of nitrogens with zero attached hydrogens (tertiary/aromatic N) is 1. The van der Waals surface area contributed by atoms with Crippen LogP contribution < -0.4 is 5.32 Å². The first-order valence-electron chi connectivity index (χ1n) is 5.28. The lowest BCUT2D eigenvalue weighted by molar-refractivity contribution is -0.135. The van der Waals surface area contributed by atoms with Crippen LogP contribution >= 0.6 is 0 Å². The van der Waals surface area contributed by atoms with Crippen molar-refractivity contribution in [1.29, 1.82) is 5.26 Å². The monoisotopic (exact) mass is 242 g/mol. The van der Waals surface area contributed by atoms with E-state index in [1.54, 1.807) is 24.3 Å². The fraction of sp³-hybridized carbons (Fsp3) is 0.417. The Morgan fingerprint density at radius 1 is 1.24 bits per heavy atom. The van der Waals surface area contributed by atoms with Crippen molar-refractivity contribution >= 4 is 0 Å². The predicted octanol–water partition coefficient (Wildman–Crippen LogP) is 2.99. The topological polar surface area (TPSA) is 35.8 Å². The highest BCUT2D eigenvalue weighted by molar-refractivity contribution is 5.37. The van der Waals surface area contributed by atoms with E-state index < -0.39 is 12.6 Å². The lowest BCUT2D eigenvalue weighted by atomic mass is 10.1. The lowest BCUT2D eigenvalue weighted by Crippen LogP contribution is -2.18.